The molecule has 9 nitrogen and oxygen atoms in total. The molecular formula is C16H16N4O5S3. The van der Waals surface area contributed by atoms with Crippen molar-refractivity contribution >= 4 is 38.8 Å². The smallest absolute Gasteiger partial charge is 0.284 e. The van der Waals surface area contributed by atoms with Crippen LogP contribution in [0.25, 0.3) is 10.8 Å². The number of hydrogen-bond donors (Lipinski definition) is 1. The SMILES string of the molecule is CC(C)(C)NS(=O)(=O)c1ccc(Sc2nnc(-c3cccs3)o2)c([N+](=O)[O-])c1. The highest BCUT2D eigenvalue weighted by molar-refractivity contribution is 7.99. The van der Waals surface area contributed by atoms with E-state index in [2.05, 4.69) is 14.9 Å². The minimum absolute atomic E-state index is 0.120. The Balaban J connectivity index is 1.91. The van der Waals surface area contributed by atoms with E-state index >= 15 is 0 Å². The number of sulfonamides is 1. The summed E-state index contributed by atoms with van der Waals surface area (Å²) in [7, 11) is -3.90. The Morgan fingerprint density at radius 1 is 1.25 bits per heavy atom. The van der Waals surface area contributed by atoms with Gasteiger partial charge in [0.15, 0.2) is 0 Å². The number of rotatable bonds is 6. The maximum atomic E-state index is 12.4. The molecule has 28 heavy (non-hydrogen) atoms. The van der Waals surface area contributed by atoms with E-state index in [0.29, 0.717) is 5.89 Å². The van der Waals surface area contributed by atoms with Gasteiger partial charge in [-0.05, 0) is 56.1 Å². The summed E-state index contributed by atoms with van der Waals surface area (Å²) >= 11 is 2.33. The van der Waals surface area contributed by atoms with Gasteiger partial charge in [-0.2, -0.15) is 0 Å². The number of benzene rings is 1. The Kier molecular flexibility index (Phi) is 5.57. The van der Waals surface area contributed by atoms with Gasteiger partial charge in [-0.1, -0.05) is 6.07 Å². The topological polar surface area (TPSA) is 128 Å². The fourth-order valence-corrected chi connectivity index (χ4v) is 5.05. The lowest BCUT2D eigenvalue weighted by Crippen LogP contribution is -2.40. The Hall–Kier alpha value is -2.28. The third kappa shape index (κ3) is 4.76. The summed E-state index contributed by atoms with van der Waals surface area (Å²) in [6, 6.07) is 7.34. The number of nitrogens with one attached hydrogen (secondary N) is 1. The second-order valence-corrected chi connectivity index (χ2v) is 10.3. The van der Waals surface area contributed by atoms with E-state index in [9.17, 15) is 18.5 Å². The van der Waals surface area contributed by atoms with E-state index < -0.39 is 20.5 Å². The van der Waals surface area contributed by atoms with Crippen molar-refractivity contribution in [1.29, 1.82) is 0 Å². The van der Waals surface area contributed by atoms with Gasteiger partial charge in [-0.3, -0.25) is 10.1 Å². The molecule has 1 N–H and O–H groups in total. The predicted molar refractivity (Wildman–Crippen MR) is 105 cm³/mol. The van der Waals surface area contributed by atoms with E-state index in [1.165, 1.54) is 23.5 Å². The lowest BCUT2D eigenvalue weighted by Gasteiger charge is -2.20. The standard InChI is InChI=1S/C16H16N4O5S3/c1-16(2,3)19-28(23,24)10-6-7-12(11(9-10)20(21)22)27-15-18-17-14(25-15)13-5-4-8-26-13/h4-9,19H,1-3H3. The zero-order valence-electron chi connectivity index (χ0n) is 15.1. The van der Waals surface area contributed by atoms with Gasteiger partial charge in [0.05, 0.1) is 19.6 Å². The molecule has 3 aromatic rings. The number of thiophene rings is 1. The van der Waals surface area contributed by atoms with Gasteiger partial charge in [-0.25, -0.2) is 13.1 Å². The number of nitro benzene ring substituents is 1. The van der Waals surface area contributed by atoms with Gasteiger partial charge in [0.25, 0.3) is 16.8 Å². The summed E-state index contributed by atoms with van der Waals surface area (Å²) in [5.74, 6) is 0.314. The molecule has 1 aromatic carbocycles. The van der Waals surface area contributed by atoms with Crippen LogP contribution < -0.4 is 4.72 Å². The average Bonchev–Trinajstić information content (AvgIpc) is 3.23. The number of nitrogens with zero attached hydrogens (tertiary/aromatic N) is 3. The van der Waals surface area contributed by atoms with Crippen LogP contribution in [0.2, 0.25) is 0 Å². The highest BCUT2D eigenvalue weighted by Gasteiger charge is 2.26. The van der Waals surface area contributed by atoms with E-state index in [4.69, 9.17) is 4.42 Å². The summed E-state index contributed by atoms with van der Waals surface area (Å²) in [5, 5.41) is 21.3. The summed E-state index contributed by atoms with van der Waals surface area (Å²) in [6.07, 6.45) is 0. The van der Waals surface area contributed by atoms with Crippen molar-refractivity contribution in [3.05, 3.63) is 45.8 Å². The molecule has 0 aliphatic carbocycles. The molecule has 2 aromatic heterocycles. The molecular weight excluding hydrogens is 424 g/mol. The summed E-state index contributed by atoms with van der Waals surface area (Å²) in [4.78, 5) is 11.6. The molecule has 0 radical (unpaired) electrons. The second-order valence-electron chi connectivity index (χ2n) is 6.69. The molecule has 0 aliphatic rings. The van der Waals surface area contributed by atoms with Crippen molar-refractivity contribution in [2.45, 2.75) is 41.3 Å². The molecule has 0 unspecified atom stereocenters. The average molecular weight is 441 g/mol. The molecule has 2 heterocycles. The molecule has 0 saturated carbocycles. The normalized spacial score (nSPS) is 12.2. The third-order valence-electron chi connectivity index (χ3n) is 3.21. The van der Waals surface area contributed by atoms with Crippen molar-refractivity contribution in [2.24, 2.45) is 0 Å². The molecule has 0 saturated heterocycles. The van der Waals surface area contributed by atoms with Crippen LogP contribution in [0.3, 0.4) is 0 Å². The largest absolute Gasteiger partial charge is 0.410 e. The van der Waals surface area contributed by atoms with Gasteiger partial charge in [-0.15, -0.1) is 21.5 Å². The van der Waals surface area contributed by atoms with Crippen LogP contribution in [-0.2, 0) is 10.0 Å². The van der Waals surface area contributed by atoms with Crippen LogP contribution in [0.5, 0.6) is 0 Å². The molecule has 0 aliphatic heterocycles. The number of nitro groups is 1. The van der Waals surface area contributed by atoms with Crippen molar-refractivity contribution in [2.75, 3.05) is 0 Å². The second kappa shape index (κ2) is 7.62. The molecule has 0 spiro atoms. The third-order valence-corrected chi connectivity index (χ3v) is 6.73. The van der Waals surface area contributed by atoms with Crippen molar-refractivity contribution in [3.8, 4) is 10.8 Å². The van der Waals surface area contributed by atoms with Crippen LogP contribution in [0.4, 0.5) is 5.69 Å². The zero-order valence-corrected chi connectivity index (χ0v) is 17.5. The first-order valence-corrected chi connectivity index (χ1v) is 11.1. The monoisotopic (exact) mass is 440 g/mol. The molecule has 3 rings (SSSR count). The first-order valence-electron chi connectivity index (χ1n) is 7.93. The molecule has 0 fully saturated rings. The van der Waals surface area contributed by atoms with Gasteiger partial charge in [0.1, 0.15) is 0 Å². The van der Waals surface area contributed by atoms with Crippen molar-refractivity contribution in [1.82, 2.24) is 14.9 Å². The molecule has 0 amide bonds. The summed E-state index contributed by atoms with van der Waals surface area (Å²) < 4.78 is 32.9. The zero-order chi connectivity index (χ0) is 20.5. The molecule has 0 atom stereocenters. The first kappa shape index (κ1) is 20.5. The lowest BCUT2D eigenvalue weighted by atomic mass is 10.1. The minimum Gasteiger partial charge on any atom is -0.410 e. The minimum atomic E-state index is -3.90. The van der Waals surface area contributed by atoms with Crippen LogP contribution in [0, 0.1) is 10.1 Å². The van der Waals surface area contributed by atoms with E-state index in [1.54, 1.807) is 20.8 Å². The number of hydrogen-bond acceptors (Lipinski definition) is 9. The van der Waals surface area contributed by atoms with Crippen LogP contribution in [0.15, 0.2) is 55.1 Å². The van der Waals surface area contributed by atoms with E-state index in [1.807, 2.05) is 17.5 Å². The fourth-order valence-electron chi connectivity index (χ4n) is 2.20. The summed E-state index contributed by atoms with van der Waals surface area (Å²) in [5.41, 5.74) is -1.08. The van der Waals surface area contributed by atoms with Gasteiger partial charge < -0.3 is 4.42 Å². The van der Waals surface area contributed by atoms with E-state index in [-0.39, 0.29) is 20.7 Å². The van der Waals surface area contributed by atoms with Crippen LogP contribution in [0.1, 0.15) is 20.8 Å². The maximum absolute atomic E-state index is 12.4. The maximum Gasteiger partial charge on any atom is 0.284 e. The van der Waals surface area contributed by atoms with Gasteiger partial charge >= 0.3 is 0 Å². The highest BCUT2D eigenvalue weighted by atomic mass is 32.2. The quantitative estimate of drug-likeness (QED) is 0.451. The Bertz CT molecular complexity index is 1100. The van der Waals surface area contributed by atoms with Gasteiger partial charge in [0, 0.05) is 11.6 Å². The summed E-state index contributed by atoms with van der Waals surface area (Å²) in [6.45, 7) is 5.05. The van der Waals surface area contributed by atoms with Crippen LogP contribution >= 0.6 is 23.1 Å². The Morgan fingerprint density at radius 2 is 2.00 bits per heavy atom. The molecule has 148 valence electrons. The molecule has 12 heteroatoms. The molecule has 0 bridgehead atoms. The van der Waals surface area contributed by atoms with E-state index in [0.717, 1.165) is 22.7 Å². The lowest BCUT2D eigenvalue weighted by molar-refractivity contribution is -0.388. The fraction of sp³-hybridized carbons (Fsp3) is 0.250. The van der Waals surface area contributed by atoms with Gasteiger partial charge in [0.2, 0.25) is 10.0 Å². The first-order chi connectivity index (χ1) is 13.0. The highest BCUT2D eigenvalue weighted by Crippen LogP contribution is 2.37. The van der Waals surface area contributed by atoms with Crippen molar-refractivity contribution in [3.63, 3.8) is 0 Å². The van der Waals surface area contributed by atoms with Crippen molar-refractivity contribution < 1.29 is 17.8 Å². The number of aromatic nitrogens is 2. The predicted octanol–water partition coefficient (Wildman–Crippen LogP) is 3.93. The Labute approximate surface area is 169 Å². The Morgan fingerprint density at radius 3 is 2.61 bits per heavy atom. The van der Waals surface area contributed by atoms with Crippen LogP contribution in [-0.4, -0.2) is 29.1 Å².